The van der Waals surface area contributed by atoms with Crippen LogP contribution in [0.1, 0.15) is 0 Å². The summed E-state index contributed by atoms with van der Waals surface area (Å²) in [5, 5.41) is 9.46. The molecule has 5 nitrogen and oxygen atoms in total. The number of nitrogens with zero attached hydrogens (tertiary/aromatic N) is 2. The molecule has 0 saturated carbocycles. The predicted molar refractivity (Wildman–Crippen MR) is 107 cm³/mol. The first-order valence-electron chi connectivity index (χ1n) is 8.89. The Morgan fingerprint density at radius 2 is 1.39 bits per heavy atom. The number of rotatable bonds is 4. The van der Waals surface area contributed by atoms with E-state index in [1.54, 1.807) is 7.11 Å². The van der Waals surface area contributed by atoms with Crippen LogP contribution >= 0.6 is 0 Å². The number of aromatic nitrogens is 2. The second-order valence-electron chi connectivity index (χ2n) is 6.31. The Morgan fingerprint density at radius 1 is 0.679 bits per heavy atom. The molecule has 0 bridgehead atoms. The maximum atomic E-state index is 6.16. The van der Waals surface area contributed by atoms with Gasteiger partial charge in [0.2, 0.25) is 5.89 Å². The highest BCUT2D eigenvalue weighted by Gasteiger charge is 2.22. The van der Waals surface area contributed by atoms with Crippen LogP contribution in [0.25, 0.3) is 45.2 Å². The zero-order valence-corrected chi connectivity index (χ0v) is 15.1. The van der Waals surface area contributed by atoms with Crippen LogP contribution in [0.2, 0.25) is 0 Å². The first-order valence-corrected chi connectivity index (χ1v) is 8.89. The van der Waals surface area contributed by atoms with Gasteiger partial charge in [-0.15, -0.1) is 10.2 Å². The van der Waals surface area contributed by atoms with Crippen molar-refractivity contribution in [2.75, 3.05) is 7.11 Å². The minimum Gasteiger partial charge on any atom is -0.497 e. The lowest BCUT2D eigenvalue weighted by Crippen LogP contribution is -1.84. The molecule has 2 aromatic heterocycles. The van der Waals surface area contributed by atoms with Crippen molar-refractivity contribution in [3.05, 3.63) is 78.9 Å². The third-order valence-corrected chi connectivity index (χ3v) is 4.61. The summed E-state index contributed by atoms with van der Waals surface area (Å²) in [5.41, 5.74) is 3.34. The minimum atomic E-state index is 0.426. The van der Waals surface area contributed by atoms with Gasteiger partial charge in [0, 0.05) is 16.5 Å². The first-order chi connectivity index (χ1) is 13.8. The normalized spacial score (nSPS) is 11.0. The summed E-state index contributed by atoms with van der Waals surface area (Å²) >= 11 is 0. The summed E-state index contributed by atoms with van der Waals surface area (Å²) in [5.74, 6) is 2.37. The number of methoxy groups -OCH3 is 1. The lowest BCUT2D eigenvalue weighted by molar-refractivity contribution is 0.415. The molecule has 136 valence electrons. The summed E-state index contributed by atoms with van der Waals surface area (Å²) in [6, 6.07) is 25.2. The highest BCUT2D eigenvalue weighted by atomic mass is 16.5. The van der Waals surface area contributed by atoms with Crippen molar-refractivity contribution in [1.82, 2.24) is 10.2 Å². The summed E-state index contributed by atoms with van der Waals surface area (Å²) in [4.78, 5) is 0. The number of hydrogen-bond acceptors (Lipinski definition) is 5. The fraction of sp³-hybridized carbons (Fsp3) is 0.0435. The second kappa shape index (κ2) is 6.70. The van der Waals surface area contributed by atoms with Crippen molar-refractivity contribution < 1.29 is 13.6 Å². The van der Waals surface area contributed by atoms with E-state index < -0.39 is 0 Å². The van der Waals surface area contributed by atoms with Crippen LogP contribution in [0.3, 0.4) is 0 Å². The van der Waals surface area contributed by atoms with Crippen LogP contribution in [-0.4, -0.2) is 17.3 Å². The van der Waals surface area contributed by atoms with E-state index in [-0.39, 0.29) is 0 Å². The highest BCUT2D eigenvalue weighted by Crippen LogP contribution is 2.41. The van der Waals surface area contributed by atoms with Gasteiger partial charge in [0.15, 0.2) is 0 Å². The number of para-hydroxylation sites is 1. The third-order valence-electron chi connectivity index (χ3n) is 4.61. The smallest absolute Gasteiger partial charge is 0.252 e. The molecule has 0 unspecified atom stereocenters. The van der Waals surface area contributed by atoms with Crippen molar-refractivity contribution in [1.29, 1.82) is 0 Å². The van der Waals surface area contributed by atoms with Crippen molar-refractivity contribution in [2.24, 2.45) is 0 Å². The summed E-state index contributed by atoms with van der Waals surface area (Å²) < 4.78 is 17.4. The summed E-state index contributed by atoms with van der Waals surface area (Å²) in [7, 11) is 1.64. The van der Waals surface area contributed by atoms with Crippen LogP contribution in [0.4, 0.5) is 0 Å². The van der Waals surface area contributed by atoms with Gasteiger partial charge < -0.3 is 13.6 Å². The zero-order valence-electron chi connectivity index (χ0n) is 15.1. The molecule has 0 atom stereocenters. The number of ether oxygens (including phenoxy) is 1. The van der Waals surface area contributed by atoms with E-state index in [1.807, 2.05) is 78.9 Å². The van der Waals surface area contributed by atoms with E-state index in [9.17, 15) is 0 Å². The molecule has 0 saturated heterocycles. The number of benzene rings is 3. The Labute approximate surface area is 161 Å². The molecule has 0 aliphatic heterocycles. The minimum absolute atomic E-state index is 0.426. The fourth-order valence-electron chi connectivity index (χ4n) is 3.23. The quantitative estimate of drug-likeness (QED) is 0.400. The Kier molecular flexibility index (Phi) is 3.91. The molecule has 0 fully saturated rings. The highest BCUT2D eigenvalue weighted by molar-refractivity contribution is 5.99. The maximum absolute atomic E-state index is 6.16. The van der Waals surface area contributed by atoms with Crippen molar-refractivity contribution >= 4 is 11.0 Å². The van der Waals surface area contributed by atoms with Crippen LogP contribution < -0.4 is 4.74 Å². The standard InChI is InChI=1S/C23H16N2O3/c1-26-17-13-11-15(12-14-17)21-20(18-9-5-6-10-19(18)27-21)23-25-24-22(28-23)16-7-3-2-4-8-16/h2-14H,1H3. The topological polar surface area (TPSA) is 61.3 Å². The molecular weight excluding hydrogens is 352 g/mol. The first kappa shape index (κ1) is 16.3. The SMILES string of the molecule is COc1ccc(-c2oc3ccccc3c2-c2nnc(-c3ccccc3)o2)cc1. The average Bonchev–Trinajstić information content (AvgIpc) is 3.39. The molecule has 3 aromatic carbocycles. The van der Waals surface area contributed by atoms with E-state index in [4.69, 9.17) is 13.6 Å². The molecule has 0 aliphatic rings. The summed E-state index contributed by atoms with van der Waals surface area (Å²) in [6.45, 7) is 0. The Morgan fingerprint density at radius 3 is 2.18 bits per heavy atom. The summed E-state index contributed by atoms with van der Waals surface area (Å²) in [6.07, 6.45) is 0. The monoisotopic (exact) mass is 368 g/mol. The van der Waals surface area contributed by atoms with Gasteiger partial charge in [-0.25, -0.2) is 0 Å². The molecular formula is C23H16N2O3. The van der Waals surface area contributed by atoms with Crippen molar-refractivity contribution in [2.45, 2.75) is 0 Å². The molecule has 0 spiro atoms. The van der Waals surface area contributed by atoms with Gasteiger partial charge in [-0.2, -0.15) is 0 Å². The van der Waals surface area contributed by atoms with E-state index >= 15 is 0 Å². The van der Waals surface area contributed by atoms with E-state index in [1.165, 1.54) is 0 Å². The zero-order chi connectivity index (χ0) is 18.9. The molecule has 28 heavy (non-hydrogen) atoms. The lowest BCUT2D eigenvalue weighted by Gasteiger charge is -2.02. The van der Waals surface area contributed by atoms with E-state index in [2.05, 4.69) is 10.2 Å². The van der Waals surface area contributed by atoms with Crippen LogP contribution in [0, 0.1) is 0 Å². The predicted octanol–water partition coefficient (Wildman–Crippen LogP) is 5.83. The number of fused-ring (bicyclic) bond motifs is 1. The van der Waals surface area contributed by atoms with Gasteiger partial charge in [0.05, 0.1) is 12.7 Å². The molecule has 0 amide bonds. The average molecular weight is 368 g/mol. The maximum Gasteiger partial charge on any atom is 0.252 e. The van der Waals surface area contributed by atoms with Crippen LogP contribution in [0.15, 0.2) is 87.7 Å². The molecule has 5 rings (SSSR count). The number of furan rings is 1. The fourth-order valence-corrected chi connectivity index (χ4v) is 3.23. The Hall–Kier alpha value is -3.86. The Bertz CT molecular complexity index is 1240. The van der Waals surface area contributed by atoms with Gasteiger partial charge in [-0.3, -0.25) is 0 Å². The molecule has 5 heteroatoms. The lowest BCUT2D eigenvalue weighted by atomic mass is 10.1. The van der Waals surface area contributed by atoms with E-state index in [0.29, 0.717) is 17.5 Å². The van der Waals surface area contributed by atoms with Crippen LogP contribution in [-0.2, 0) is 0 Å². The van der Waals surface area contributed by atoms with Crippen molar-refractivity contribution in [3.63, 3.8) is 0 Å². The molecule has 0 radical (unpaired) electrons. The van der Waals surface area contributed by atoms with Gasteiger partial charge in [0.1, 0.15) is 17.1 Å². The molecule has 5 aromatic rings. The molecule has 2 heterocycles. The van der Waals surface area contributed by atoms with Crippen molar-refractivity contribution in [3.8, 4) is 40.0 Å². The molecule has 0 N–H and O–H groups in total. The van der Waals surface area contributed by atoms with Gasteiger partial charge in [-0.1, -0.05) is 36.4 Å². The van der Waals surface area contributed by atoms with Gasteiger partial charge >= 0.3 is 0 Å². The Balaban J connectivity index is 1.69. The number of hydrogen-bond donors (Lipinski definition) is 0. The second-order valence-corrected chi connectivity index (χ2v) is 6.31. The molecule has 0 aliphatic carbocycles. The largest absolute Gasteiger partial charge is 0.497 e. The van der Waals surface area contributed by atoms with Crippen LogP contribution in [0.5, 0.6) is 5.75 Å². The van der Waals surface area contributed by atoms with Gasteiger partial charge in [0.25, 0.3) is 5.89 Å². The third kappa shape index (κ3) is 2.74. The van der Waals surface area contributed by atoms with E-state index in [0.717, 1.165) is 33.4 Å². The van der Waals surface area contributed by atoms with Gasteiger partial charge in [-0.05, 0) is 42.5 Å².